The van der Waals surface area contributed by atoms with Crippen LogP contribution in [0.5, 0.6) is 0 Å². The minimum atomic E-state index is -4.63. The second-order valence-corrected chi connectivity index (χ2v) is 4.20. The van der Waals surface area contributed by atoms with Gasteiger partial charge < -0.3 is 10.4 Å². The third-order valence-corrected chi connectivity index (χ3v) is 2.33. The predicted octanol–water partition coefficient (Wildman–Crippen LogP) is 2.72. The first kappa shape index (κ1) is 15.0. The van der Waals surface area contributed by atoms with Crippen molar-refractivity contribution in [2.75, 3.05) is 11.9 Å². The minimum absolute atomic E-state index is 0.0211. The zero-order valence-electron chi connectivity index (χ0n) is 9.63. The van der Waals surface area contributed by atoms with Gasteiger partial charge in [-0.2, -0.15) is 13.2 Å². The van der Waals surface area contributed by atoms with Crippen LogP contribution in [0, 0.1) is 0 Å². The maximum Gasteiger partial charge on any atom is 0.451 e. The molecule has 2 N–H and O–H groups in total. The molecule has 1 aromatic heterocycles. The number of nitrogens with one attached hydrogen (secondary N) is 1. The first-order chi connectivity index (χ1) is 8.32. The molecule has 0 spiro atoms. The summed E-state index contributed by atoms with van der Waals surface area (Å²) in [5, 5.41) is 11.2. The van der Waals surface area contributed by atoms with E-state index in [0.717, 1.165) is 0 Å². The quantitative estimate of drug-likeness (QED) is 0.816. The fourth-order valence-corrected chi connectivity index (χ4v) is 1.52. The number of anilines is 1. The average molecular weight is 284 g/mol. The Hall–Kier alpha value is -1.08. The molecule has 0 radical (unpaired) electrons. The van der Waals surface area contributed by atoms with Crippen LogP contribution in [0.2, 0.25) is 5.15 Å². The third-order valence-electron chi connectivity index (χ3n) is 2.14. The Balaban J connectivity index is 2.80. The molecule has 0 aromatic carbocycles. The summed E-state index contributed by atoms with van der Waals surface area (Å²) in [6.07, 6.45) is -3.46. The lowest BCUT2D eigenvalue weighted by Gasteiger charge is -2.15. The molecule has 1 heterocycles. The molecule has 1 unspecified atom stereocenters. The molecule has 4 nitrogen and oxygen atoms in total. The SMILES string of the molecule is CC(CCCO)Nc1cc(Cl)nc(C(F)(F)F)n1. The zero-order chi connectivity index (χ0) is 13.8. The van der Waals surface area contributed by atoms with Crippen molar-refractivity contribution in [3.05, 3.63) is 17.0 Å². The fraction of sp³-hybridized carbons (Fsp3) is 0.600. The highest BCUT2D eigenvalue weighted by Crippen LogP contribution is 2.28. The van der Waals surface area contributed by atoms with Crippen LogP contribution in [0.3, 0.4) is 0 Å². The van der Waals surface area contributed by atoms with Gasteiger partial charge in [0, 0.05) is 18.7 Å². The molecule has 0 amide bonds. The molecule has 0 fully saturated rings. The summed E-state index contributed by atoms with van der Waals surface area (Å²) in [5.74, 6) is -1.25. The van der Waals surface area contributed by atoms with Gasteiger partial charge in [-0.1, -0.05) is 11.6 Å². The molecule has 1 atom stereocenters. The number of nitrogens with zero attached hydrogens (tertiary/aromatic N) is 2. The van der Waals surface area contributed by atoms with Crippen LogP contribution in [-0.2, 0) is 6.18 Å². The number of aliphatic hydroxyl groups excluding tert-OH is 1. The number of halogens is 4. The van der Waals surface area contributed by atoms with Crippen LogP contribution in [0.4, 0.5) is 19.0 Å². The number of rotatable bonds is 5. The Bertz CT molecular complexity index is 400. The molecule has 1 aromatic rings. The molecular formula is C10H13ClF3N3O. The van der Waals surface area contributed by atoms with Crippen LogP contribution in [0.25, 0.3) is 0 Å². The Labute approximate surface area is 107 Å². The first-order valence-electron chi connectivity index (χ1n) is 5.32. The van der Waals surface area contributed by atoms with Crippen LogP contribution < -0.4 is 5.32 Å². The topological polar surface area (TPSA) is 58.0 Å². The number of hydrogen-bond donors (Lipinski definition) is 2. The molecule has 0 aliphatic rings. The van der Waals surface area contributed by atoms with Crippen LogP contribution in [0.15, 0.2) is 6.07 Å². The van der Waals surface area contributed by atoms with Crippen LogP contribution in [-0.4, -0.2) is 27.7 Å². The second kappa shape index (κ2) is 6.19. The van der Waals surface area contributed by atoms with E-state index in [1.54, 1.807) is 6.92 Å². The van der Waals surface area contributed by atoms with E-state index in [0.29, 0.717) is 12.8 Å². The summed E-state index contributed by atoms with van der Waals surface area (Å²) in [6, 6.07) is 1.11. The largest absolute Gasteiger partial charge is 0.451 e. The summed E-state index contributed by atoms with van der Waals surface area (Å²) in [4.78, 5) is 6.48. The van der Waals surface area contributed by atoms with Crippen molar-refractivity contribution in [2.45, 2.75) is 32.0 Å². The molecule has 102 valence electrons. The Morgan fingerprint density at radius 3 is 2.67 bits per heavy atom. The number of aromatic nitrogens is 2. The van der Waals surface area contributed by atoms with Gasteiger partial charge in [0.1, 0.15) is 11.0 Å². The van der Waals surface area contributed by atoms with Crippen molar-refractivity contribution in [3.63, 3.8) is 0 Å². The van der Waals surface area contributed by atoms with E-state index in [9.17, 15) is 13.2 Å². The minimum Gasteiger partial charge on any atom is -0.396 e. The smallest absolute Gasteiger partial charge is 0.396 e. The van der Waals surface area contributed by atoms with Crippen LogP contribution in [0.1, 0.15) is 25.6 Å². The van der Waals surface area contributed by atoms with Crippen molar-refractivity contribution in [2.24, 2.45) is 0 Å². The molecule has 18 heavy (non-hydrogen) atoms. The lowest BCUT2D eigenvalue weighted by molar-refractivity contribution is -0.144. The van der Waals surface area contributed by atoms with Crippen molar-refractivity contribution in [1.29, 1.82) is 0 Å². The lowest BCUT2D eigenvalue weighted by Crippen LogP contribution is -2.19. The van der Waals surface area contributed by atoms with E-state index in [2.05, 4.69) is 15.3 Å². The zero-order valence-corrected chi connectivity index (χ0v) is 10.4. The van der Waals surface area contributed by atoms with Gasteiger partial charge in [-0.05, 0) is 19.8 Å². The second-order valence-electron chi connectivity index (χ2n) is 3.81. The van der Waals surface area contributed by atoms with Gasteiger partial charge in [-0.3, -0.25) is 0 Å². The van der Waals surface area contributed by atoms with Gasteiger partial charge in [-0.15, -0.1) is 0 Å². The van der Waals surface area contributed by atoms with Gasteiger partial charge in [0.05, 0.1) is 0 Å². The van der Waals surface area contributed by atoms with Crippen molar-refractivity contribution in [3.8, 4) is 0 Å². The van der Waals surface area contributed by atoms with Gasteiger partial charge in [0.15, 0.2) is 0 Å². The number of aliphatic hydroxyl groups is 1. The average Bonchev–Trinajstić information content (AvgIpc) is 2.24. The van der Waals surface area contributed by atoms with Crippen LogP contribution >= 0.6 is 11.6 Å². The number of hydrogen-bond acceptors (Lipinski definition) is 4. The molecule has 0 aliphatic heterocycles. The third kappa shape index (κ3) is 4.66. The van der Waals surface area contributed by atoms with E-state index in [1.165, 1.54) is 6.07 Å². The molecule has 0 bridgehead atoms. The maximum absolute atomic E-state index is 12.4. The monoisotopic (exact) mass is 283 g/mol. The van der Waals surface area contributed by atoms with Gasteiger partial charge >= 0.3 is 6.18 Å². The van der Waals surface area contributed by atoms with E-state index >= 15 is 0 Å². The Morgan fingerprint density at radius 1 is 1.44 bits per heavy atom. The number of alkyl halides is 3. The standard InChI is InChI=1S/C10H13ClF3N3O/c1-6(3-2-4-18)15-8-5-7(11)16-9(17-8)10(12,13)14/h5-6,18H,2-4H2,1H3,(H,15,16,17). The molecular weight excluding hydrogens is 271 g/mol. The Morgan fingerprint density at radius 2 is 2.11 bits per heavy atom. The van der Waals surface area contributed by atoms with Gasteiger partial charge in [-0.25, -0.2) is 9.97 Å². The van der Waals surface area contributed by atoms with Crippen molar-refractivity contribution >= 4 is 17.4 Å². The fourth-order valence-electron chi connectivity index (χ4n) is 1.34. The van der Waals surface area contributed by atoms with E-state index in [4.69, 9.17) is 16.7 Å². The van der Waals surface area contributed by atoms with E-state index in [-0.39, 0.29) is 23.6 Å². The normalized spacial score (nSPS) is 13.4. The predicted molar refractivity (Wildman–Crippen MR) is 61.4 cm³/mol. The Kier molecular flexibility index (Phi) is 5.15. The summed E-state index contributed by atoms with van der Waals surface area (Å²) >= 11 is 5.51. The van der Waals surface area contributed by atoms with Gasteiger partial charge in [0.25, 0.3) is 0 Å². The van der Waals surface area contributed by atoms with Gasteiger partial charge in [0.2, 0.25) is 5.82 Å². The molecule has 0 aliphatic carbocycles. The molecule has 8 heteroatoms. The maximum atomic E-state index is 12.4. The summed E-state index contributed by atoms with van der Waals surface area (Å²) in [5.41, 5.74) is 0. The summed E-state index contributed by atoms with van der Waals surface area (Å²) in [7, 11) is 0. The van der Waals surface area contributed by atoms with E-state index in [1.807, 2.05) is 0 Å². The van der Waals surface area contributed by atoms with Crippen molar-refractivity contribution < 1.29 is 18.3 Å². The van der Waals surface area contributed by atoms with Crippen molar-refractivity contribution in [1.82, 2.24) is 9.97 Å². The summed E-state index contributed by atoms with van der Waals surface area (Å²) in [6.45, 7) is 1.81. The molecule has 0 saturated carbocycles. The molecule has 1 rings (SSSR count). The summed E-state index contributed by atoms with van der Waals surface area (Å²) < 4.78 is 37.3. The highest BCUT2D eigenvalue weighted by atomic mass is 35.5. The highest BCUT2D eigenvalue weighted by Gasteiger charge is 2.35. The lowest BCUT2D eigenvalue weighted by atomic mass is 10.2. The molecule has 0 saturated heterocycles. The van der Waals surface area contributed by atoms with E-state index < -0.39 is 12.0 Å². The highest BCUT2D eigenvalue weighted by molar-refractivity contribution is 6.29. The first-order valence-corrected chi connectivity index (χ1v) is 5.70.